The molecule has 0 spiro atoms. The normalized spacial score (nSPS) is 16.0. The topological polar surface area (TPSA) is 42.2 Å². The van der Waals surface area contributed by atoms with Gasteiger partial charge in [0, 0.05) is 13.7 Å². The van der Waals surface area contributed by atoms with Crippen LogP contribution in [0.2, 0.25) is 0 Å². The van der Waals surface area contributed by atoms with Gasteiger partial charge in [-0.25, -0.2) is 0 Å². The molecule has 0 N–H and O–H groups in total. The molecule has 0 unspecified atom stereocenters. The van der Waals surface area contributed by atoms with Crippen molar-refractivity contribution in [2.45, 2.75) is 25.7 Å². The molecule has 0 amide bonds. The minimum atomic E-state index is -0.214. The Hall–Kier alpha value is -1.37. The maximum Gasteiger partial charge on any atom is 0.0700 e. The second kappa shape index (κ2) is 6.70. The van der Waals surface area contributed by atoms with E-state index in [1.54, 1.807) is 7.11 Å². The standard InChI is InChI=1S/C16H21NO2/c1-18-9-10-19-8-4-7-16(13-17)11-14-5-2-3-6-15(14)12-16/h2-3,5-6H,4,7-12H2,1H3. The van der Waals surface area contributed by atoms with E-state index >= 15 is 0 Å². The van der Waals surface area contributed by atoms with Crippen molar-refractivity contribution in [3.05, 3.63) is 35.4 Å². The third-order valence-corrected chi connectivity index (χ3v) is 3.79. The molecule has 1 aromatic carbocycles. The largest absolute Gasteiger partial charge is 0.382 e. The molecule has 102 valence electrons. The summed E-state index contributed by atoms with van der Waals surface area (Å²) in [6, 6.07) is 10.9. The van der Waals surface area contributed by atoms with E-state index < -0.39 is 0 Å². The SMILES string of the molecule is COCCOCCCC1(C#N)Cc2ccccc2C1. The molecular formula is C16H21NO2. The summed E-state index contributed by atoms with van der Waals surface area (Å²) in [6.07, 6.45) is 3.62. The minimum absolute atomic E-state index is 0.214. The highest BCUT2D eigenvalue weighted by Crippen LogP contribution is 2.39. The quantitative estimate of drug-likeness (QED) is 0.707. The van der Waals surface area contributed by atoms with Crippen LogP contribution < -0.4 is 0 Å². The summed E-state index contributed by atoms with van der Waals surface area (Å²) in [4.78, 5) is 0. The van der Waals surface area contributed by atoms with E-state index in [-0.39, 0.29) is 5.41 Å². The molecule has 0 fully saturated rings. The third-order valence-electron chi connectivity index (χ3n) is 3.79. The average Bonchev–Trinajstić information content (AvgIpc) is 2.82. The average molecular weight is 259 g/mol. The molecule has 0 radical (unpaired) electrons. The van der Waals surface area contributed by atoms with Gasteiger partial charge in [0.05, 0.1) is 24.7 Å². The van der Waals surface area contributed by atoms with Crippen LogP contribution >= 0.6 is 0 Å². The van der Waals surface area contributed by atoms with E-state index in [9.17, 15) is 5.26 Å². The van der Waals surface area contributed by atoms with Gasteiger partial charge in [0.1, 0.15) is 0 Å². The first kappa shape index (κ1) is 14.0. The number of methoxy groups -OCH3 is 1. The summed E-state index contributed by atoms with van der Waals surface area (Å²) < 4.78 is 10.4. The first-order chi connectivity index (χ1) is 9.29. The lowest BCUT2D eigenvalue weighted by atomic mass is 9.82. The zero-order valence-corrected chi connectivity index (χ0v) is 11.5. The molecule has 0 saturated heterocycles. The van der Waals surface area contributed by atoms with Crippen molar-refractivity contribution >= 4 is 0 Å². The maximum absolute atomic E-state index is 9.52. The third kappa shape index (κ3) is 3.56. The molecule has 3 nitrogen and oxygen atoms in total. The van der Waals surface area contributed by atoms with Gasteiger partial charge in [0.25, 0.3) is 0 Å². The number of ether oxygens (including phenoxy) is 2. The first-order valence-electron chi connectivity index (χ1n) is 6.84. The van der Waals surface area contributed by atoms with Crippen LogP contribution in [0.4, 0.5) is 0 Å². The minimum Gasteiger partial charge on any atom is -0.382 e. The number of nitrogens with zero attached hydrogens (tertiary/aromatic N) is 1. The van der Waals surface area contributed by atoms with Crippen LogP contribution in [-0.2, 0) is 22.3 Å². The van der Waals surface area contributed by atoms with Gasteiger partial charge in [0.2, 0.25) is 0 Å². The van der Waals surface area contributed by atoms with Crippen LogP contribution in [0.1, 0.15) is 24.0 Å². The van der Waals surface area contributed by atoms with E-state index in [0.717, 1.165) is 25.7 Å². The van der Waals surface area contributed by atoms with Crippen molar-refractivity contribution in [1.29, 1.82) is 5.26 Å². The predicted molar refractivity (Wildman–Crippen MR) is 73.8 cm³/mol. The van der Waals surface area contributed by atoms with Crippen LogP contribution in [0.3, 0.4) is 0 Å². The molecule has 3 heteroatoms. The molecule has 19 heavy (non-hydrogen) atoms. The van der Waals surface area contributed by atoms with Crippen LogP contribution in [0.15, 0.2) is 24.3 Å². The van der Waals surface area contributed by atoms with E-state index in [1.807, 2.05) is 0 Å². The number of benzene rings is 1. The van der Waals surface area contributed by atoms with Crippen LogP contribution in [0.5, 0.6) is 0 Å². The van der Waals surface area contributed by atoms with Gasteiger partial charge in [-0.1, -0.05) is 24.3 Å². The van der Waals surface area contributed by atoms with Crippen LogP contribution in [0, 0.1) is 16.7 Å². The highest BCUT2D eigenvalue weighted by atomic mass is 16.5. The van der Waals surface area contributed by atoms with Crippen molar-refractivity contribution in [1.82, 2.24) is 0 Å². The maximum atomic E-state index is 9.52. The van der Waals surface area contributed by atoms with Gasteiger partial charge in [-0.3, -0.25) is 0 Å². The zero-order chi connectivity index (χ0) is 13.6. The fourth-order valence-electron chi connectivity index (χ4n) is 2.76. The molecule has 0 aliphatic heterocycles. The lowest BCUT2D eigenvalue weighted by molar-refractivity contribution is 0.0658. The molecule has 0 atom stereocenters. The van der Waals surface area contributed by atoms with Crippen molar-refractivity contribution in [3.8, 4) is 6.07 Å². The summed E-state index contributed by atoms with van der Waals surface area (Å²) >= 11 is 0. The summed E-state index contributed by atoms with van der Waals surface area (Å²) in [5.74, 6) is 0. The molecule has 0 aromatic heterocycles. The van der Waals surface area contributed by atoms with Crippen molar-refractivity contribution in [2.75, 3.05) is 26.9 Å². The Balaban J connectivity index is 1.81. The number of nitriles is 1. The van der Waals surface area contributed by atoms with E-state index in [2.05, 4.69) is 30.3 Å². The molecule has 1 aliphatic carbocycles. The van der Waals surface area contributed by atoms with E-state index in [0.29, 0.717) is 19.8 Å². The Kier molecular flexibility index (Phi) is 4.95. The Morgan fingerprint density at radius 2 is 1.84 bits per heavy atom. The lowest BCUT2D eigenvalue weighted by Crippen LogP contribution is -2.19. The second-order valence-electron chi connectivity index (χ2n) is 5.22. The molecule has 1 aliphatic rings. The molecule has 0 heterocycles. The van der Waals surface area contributed by atoms with E-state index in [1.165, 1.54) is 11.1 Å². The van der Waals surface area contributed by atoms with Crippen molar-refractivity contribution in [2.24, 2.45) is 5.41 Å². The monoisotopic (exact) mass is 259 g/mol. The fraction of sp³-hybridized carbons (Fsp3) is 0.562. The van der Waals surface area contributed by atoms with Gasteiger partial charge in [-0.2, -0.15) is 5.26 Å². The lowest BCUT2D eigenvalue weighted by Gasteiger charge is -2.19. The highest BCUT2D eigenvalue weighted by Gasteiger charge is 2.36. The Labute approximate surface area is 115 Å². The van der Waals surface area contributed by atoms with Gasteiger partial charge in [0.15, 0.2) is 0 Å². The highest BCUT2D eigenvalue weighted by molar-refractivity contribution is 5.36. The Bertz CT molecular complexity index is 425. The number of fused-ring (bicyclic) bond motifs is 1. The molecular weight excluding hydrogens is 238 g/mol. The smallest absolute Gasteiger partial charge is 0.0700 e. The molecule has 0 bridgehead atoms. The Morgan fingerprint density at radius 1 is 1.16 bits per heavy atom. The summed E-state index contributed by atoms with van der Waals surface area (Å²) in [6.45, 7) is 1.98. The molecule has 2 rings (SSSR count). The number of hydrogen-bond donors (Lipinski definition) is 0. The second-order valence-corrected chi connectivity index (χ2v) is 5.22. The molecule has 1 aromatic rings. The first-order valence-corrected chi connectivity index (χ1v) is 6.84. The fourth-order valence-corrected chi connectivity index (χ4v) is 2.76. The zero-order valence-electron chi connectivity index (χ0n) is 11.5. The summed E-state index contributed by atoms with van der Waals surface area (Å²) in [7, 11) is 1.67. The van der Waals surface area contributed by atoms with Gasteiger partial charge >= 0.3 is 0 Å². The van der Waals surface area contributed by atoms with Crippen LogP contribution in [-0.4, -0.2) is 26.9 Å². The number of rotatable bonds is 7. The van der Waals surface area contributed by atoms with Crippen molar-refractivity contribution < 1.29 is 9.47 Å². The summed E-state index contributed by atoms with van der Waals surface area (Å²) in [5, 5.41) is 9.52. The predicted octanol–water partition coefficient (Wildman–Crippen LogP) is 2.74. The van der Waals surface area contributed by atoms with Crippen molar-refractivity contribution in [3.63, 3.8) is 0 Å². The van der Waals surface area contributed by atoms with Gasteiger partial charge in [-0.15, -0.1) is 0 Å². The van der Waals surface area contributed by atoms with Gasteiger partial charge < -0.3 is 9.47 Å². The summed E-state index contributed by atoms with van der Waals surface area (Å²) in [5.41, 5.74) is 2.46. The van der Waals surface area contributed by atoms with Gasteiger partial charge in [-0.05, 0) is 36.8 Å². The molecule has 0 saturated carbocycles. The Morgan fingerprint density at radius 3 is 2.42 bits per heavy atom. The number of hydrogen-bond acceptors (Lipinski definition) is 3. The van der Waals surface area contributed by atoms with Crippen LogP contribution in [0.25, 0.3) is 0 Å². The van der Waals surface area contributed by atoms with E-state index in [4.69, 9.17) is 9.47 Å².